The number of esters is 1. The summed E-state index contributed by atoms with van der Waals surface area (Å²) in [6.45, 7) is 4.62. The molecule has 0 aliphatic rings. The molecule has 0 aromatic rings. The molecule has 0 aliphatic heterocycles. The fourth-order valence-corrected chi connectivity index (χ4v) is 6.09. The summed E-state index contributed by atoms with van der Waals surface area (Å²) in [5.41, 5.74) is 5.35. The number of carbonyl (C=O) groups excluding carboxylic acids is 1. The number of rotatable bonds is 38. The molecule has 0 aliphatic carbocycles. The number of nitrogens with two attached hydrogens (primary N) is 1. The van der Waals surface area contributed by atoms with Crippen molar-refractivity contribution in [3.63, 3.8) is 0 Å². The molecule has 3 unspecified atom stereocenters. The van der Waals surface area contributed by atoms with Gasteiger partial charge in [-0.05, 0) is 64.2 Å². The van der Waals surface area contributed by atoms with E-state index in [1.54, 1.807) is 6.08 Å². The Morgan fingerprint density at radius 2 is 1.27 bits per heavy atom. The highest BCUT2D eigenvalue weighted by Gasteiger charge is 2.25. The first-order valence-corrected chi connectivity index (χ1v) is 21.7. The summed E-state index contributed by atoms with van der Waals surface area (Å²) >= 11 is 0. The third-order valence-electron chi connectivity index (χ3n) is 8.31. The lowest BCUT2D eigenvalue weighted by atomic mass is 10.1. The lowest BCUT2D eigenvalue weighted by Gasteiger charge is -2.20. The van der Waals surface area contributed by atoms with E-state index in [9.17, 15) is 19.4 Å². The molecule has 0 spiro atoms. The second-order valence-electron chi connectivity index (χ2n) is 13.3. The number of hydrogen-bond acceptors (Lipinski definition) is 8. The number of aliphatic hydroxyl groups excluding tert-OH is 1. The summed E-state index contributed by atoms with van der Waals surface area (Å²) < 4.78 is 33.3. The fourth-order valence-electron chi connectivity index (χ4n) is 5.32. The maximum Gasteiger partial charge on any atom is 0.472 e. The summed E-state index contributed by atoms with van der Waals surface area (Å²) in [6.07, 6.45) is 40.3. The molecule has 3 atom stereocenters. The molecule has 0 fully saturated rings. The largest absolute Gasteiger partial charge is 0.472 e. The molecule has 0 bridgehead atoms. The van der Waals surface area contributed by atoms with Gasteiger partial charge in [0.15, 0.2) is 0 Å². The highest BCUT2D eigenvalue weighted by atomic mass is 31.2. The molecule has 0 saturated heterocycles. The van der Waals surface area contributed by atoms with Gasteiger partial charge in [0.2, 0.25) is 0 Å². The van der Waals surface area contributed by atoms with Gasteiger partial charge in [0, 0.05) is 19.6 Å². The zero-order valence-corrected chi connectivity index (χ0v) is 33.3. The van der Waals surface area contributed by atoms with Crippen LogP contribution in [0.2, 0.25) is 0 Å². The molecule has 0 radical (unpaired) electrons. The topological polar surface area (TPSA) is 138 Å². The van der Waals surface area contributed by atoms with Gasteiger partial charge in [-0.3, -0.25) is 13.8 Å². The number of ether oxygens (including phenoxy) is 2. The van der Waals surface area contributed by atoms with Crippen LogP contribution < -0.4 is 5.73 Å². The molecular weight excluding hydrogens is 665 g/mol. The van der Waals surface area contributed by atoms with E-state index in [1.807, 2.05) is 18.2 Å². The van der Waals surface area contributed by atoms with Crippen molar-refractivity contribution in [2.45, 2.75) is 174 Å². The van der Waals surface area contributed by atoms with Crippen molar-refractivity contribution in [1.29, 1.82) is 0 Å². The highest BCUT2D eigenvalue weighted by Crippen LogP contribution is 2.43. The van der Waals surface area contributed by atoms with Gasteiger partial charge in [0.25, 0.3) is 0 Å². The standard InChI is InChI=1S/C41H76NO8P/c1-3-5-7-8-9-10-11-12-13-14-15-16-20-23-26-30-35-47-37-40(38-49-51(45,46)48-36-34-42)50-41(44)33-29-25-22-19-17-18-21-24-28-32-39(43)31-27-6-4-2/h6,12-13,21,24,27-28,32,39-40,43H,3-5,7-11,14-20,22-23,25-26,29-31,33-38,42H2,1-2H3,(H,45,46)/b13-12-,24-21+,27-6+,32-28+. The maximum absolute atomic E-state index is 12.5. The van der Waals surface area contributed by atoms with E-state index < -0.39 is 20.0 Å². The van der Waals surface area contributed by atoms with E-state index in [2.05, 4.69) is 38.2 Å². The monoisotopic (exact) mass is 742 g/mol. The van der Waals surface area contributed by atoms with Crippen LogP contribution in [0.5, 0.6) is 0 Å². The predicted molar refractivity (Wildman–Crippen MR) is 212 cm³/mol. The Bertz CT molecular complexity index is 939. The minimum absolute atomic E-state index is 0.0856. The van der Waals surface area contributed by atoms with Gasteiger partial charge < -0.3 is 25.2 Å². The zero-order chi connectivity index (χ0) is 37.5. The summed E-state index contributed by atoms with van der Waals surface area (Å²) in [4.78, 5) is 22.4. The van der Waals surface area contributed by atoms with Gasteiger partial charge in [-0.1, -0.05) is 140 Å². The Labute approximate surface area is 312 Å². The van der Waals surface area contributed by atoms with Crippen molar-refractivity contribution >= 4 is 13.8 Å². The Balaban J connectivity index is 4.15. The fraction of sp³-hybridized carbons (Fsp3) is 0.780. The SMILES string of the molecule is CC/C=C/CC(O)/C=C/C=C/CCCCCCCC(=O)OC(COCCCCCCCC/C=C\CCCCCCCC)COP(=O)(O)OCCN. The second kappa shape index (κ2) is 38.2. The summed E-state index contributed by atoms with van der Waals surface area (Å²) in [5.74, 6) is -0.373. The highest BCUT2D eigenvalue weighted by molar-refractivity contribution is 7.47. The van der Waals surface area contributed by atoms with Crippen LogP contribution in [-0.4, -0.2) is 61.1 Å². The molecule has 0 amide bonds. The van der Waals surface area contributed by atoms with Gasteiger partial charge in [-0.25, -0.2) is 4.57 Å². The van der Waals surface area contributed by atoms with Gasteiger partial charge in [0.1, 0.15) is 6.10 Å². The third-order valence-corrected chi connectivity index (χ3v) is 9.29. The molecule has 0 rings (SSSR count). The normalized spacial score (nSPS) is 14.7. The number of phosphoric acid groups is 1. The van der Waals surface area contributed by atoms with E-state index in [0.717, 1.165) is 57.8 Å². The van der Waals surface area contributed by atoms with Gasteiger partial charge in [0.05, 0.1) is 25.9 Å². The molecular formula is C41H76NO8P. The number of aliphatic hydroxyl groups is 1. The number of carbonyl (C=O) groups is 1. The summed E-state index contributed by atoms with van der Waals surface area (Å²) in [7, 11) is -4.29. The molecule has 10 heteroatoms. The van der Waals surface area contributed by atoms with Crippen LogP contribution in [0.1, 0.15) is 162 Å². The van der Waals surface area contributed by atoms with Gasteiger partial charge in [-0.15, -0.1) is 0 Å². The molecule has 0 aromatic carbocycles. The average molecular weight is 742 g/mol. The molecule has 0 heterocycles. The van der Waals surface area contributed by atoms with Gasteiger partial charge >= 0.3 is 13.8 Å². The molecule has 298 valence electrons. The molecule has 51 heavy (non-hydrogen) atoms. The van der Waals surface area contributed by atoms with E-state index >= 15 is 0 Å². The van der Waals surface area contributed by atoms with Crippen molar-refractivity contribution < 1.29 is 37.9 Å². The van der Waals surface area contributed by atoms with Crippen molar-refractivity contribution in [3.8, 4) is 0 Å². The van der Waals surface area contributed by atoms with Crippen LogP contribution >= 0.6 is 7.82 Å². The number of unbranched alkanes of at least 4 members (excludes halogenated alkanes) is 17. The number of allylic oxidation sites excluding steroid dienone is 6. The third kappa shape index (κ3) is 38.0. The van der Waals surface area contributed by atoms with Crippen molar-refractivity contribution in [1.82, 2.24) is 0 Å². The van der Waals surface area contributed by atoms with E-state index in [-0.39, 0.29) is 38.8 Å². The van der Waals surface area contributed by atoms with Crippen LogP contribution in [0.25, 0.3) is 0 Å². The Kier molecular flexibility index (Phi) is 37.0. The van der Waals surface area contributed by atoms with Crippen LogP contribution in [0.3, 0.4) is 0 Å². The van der Waals surface area contributed by atoms with Crippen LogP contribution in [-0.2, 0) is 27.9 Å². The molecule has 0 aromatic heterocycles. The predicted octanol–water partition coefficient (Wildman–Crippen LogP) is 10.6. The Morgan fingerprint density at radius 3 is 1.90 bits per heavy atom. The quantitative estimate of drug-likeness (QED) is 0.0186. The minimum atomic E-state index is -4.29. The van der Waals surface area contributed by atoms with Gasteiger partial charge in [-0.2, -0.15) is 0 Å². The minimum Gasteiger partial charge on any atom is -0.457 e. The van der Waals surface area contributed by atoms with E-state index in [1.165, 1.54) is 70.6 Å². The maximum atomic E-state index is 12.5. The Morgan fingerprint density at radius 1 is 0.686 bits per heavy atom. The molecule has 0 saturated carbocycles. The summed E-state index contributed by atoms with van der Waals surface area (Å²) in [6, 6.07) is 0. The van der Waals surface area contributed by atoms with Crippen molar-refractivity contribution in [2.75, 3.05) is 33.0 Å². The van der Waals surface area contributed by atoms with Crippen molar-refractivity contribution in [3.05, 3.63) is 48.6 Å². The second-order valence-corrected chi connectivity index (χ2v) is 14.8. The van der Waals surface area contributed by atoms with Crippen molar-refractivity contribution in [2.24, 2.45) is 5.73 Å². The first-order valence-electron chi connectivity index (χ1n) is 20.2. The molecule has 4 N–H and O–H groups in total. The molecule has 9 nitrogen and oxygen atoms in total. The Hall–Kier alpha value is -1.58. The lowest BCUT2D eigenvalue weighted by molar-refractivity contribution is -0.154. The first kappa shape index (κ1) is 49.4. The van der Waals surface area contributed by atoms with Crippen LogP contribution in [0, 0.1) is 0 Å². The number of hydrogen-bond donors (Lipinski definition) is 3. The smallest absolute Gasteiger partial charge is 0.457 e. The lowest BCUT2D eigenvalue weighted by Crippen LogP contribution is -2.28. The zero-order valence-electron chi connectivity index (χ0n) is 32.4. The summed E-state index contributed by atoms with van der Waals surface area (Å²) in [5, 5.41) is 9.86. The van der Waals surface area contributed by atoms with E-state index in [0.29, 0.717) is 19.4 Å². The first-order chi connectivity index (χ1) is 24.8. The average Bonchev–Trinajstić information content (AvgIpc) is 3.11. The number of phosphoric ester groups is 1. The van der Waals surface area contributed by atoms with E-state index in [4.69, 9.17) is 24.3 Å². The van der Waals surface area contributed by atoms with Crippen LogP contribution in [0.15, 0.2) is 48.6 Å². The van der Waals surface area contributed by atoms with Crippen LogP contribution in [0.4, 0.5) is 0 Å².